The van der Waals surface area contributed by atoms with Crippen LogP contribution in [0.1, 0.15) is 42.0 Å². The van der Waals surface area contributed by atoms with Crippen molar-refractivity contribution >= 4 is 23.4 Å². The Morgan fingerprint density at radius 3 is 2.71 bits per heavy atom. The number of ether oxygens (including phenoxy) is 1. The third-order valence-corrected chi connectivity index (χ3v) is 5.69. The van der Waals surface area contributed by atoms with E-state index in [-0.39, 0.29) is 25.2 Å². The fourth-order valence-electron chi connectivity index (χ4n) is 3.33. The van der Waals surface area contributed by atoms with Crippen LogP contribution in [0.4, 0.5) is 0 Å². The van der Waals surface area contributed by atoms with E-state index in [0.717, 1.165) is 22.5 Å². The zero-order valence-corrected chi connectivity index (χ0v) is 19.1. The summed E-state index contributed by atoms with van der Waals surface area (Å²) in [5, 5.41) is 18.0. The van der Waals surface area contributed by atoms with Gasteiger partial charge in [-0.3, -0.25) is 4.79 Å². The fourth-order valence-corrected chi connectivity index (χ4v) is 3.67. The summed E-state index contributed by atoms with van der Waals surface area (Å²) in [6.45, 7) is 6.12. The second kappa shape index (κ2) is 10.7. The molecule has 2 unspecified atom stereocenters. The lowest BCUT2D eigenvalue weighted by molar-refractivity contribution is -0.121. The molecule has 0 saturated carbocycles. The van der Waals surface area contributed by atoms with Crippen molar-refractivity contribution in [2.75, 3.05) is 19.4 Å². The molecule has 0 aliphatic heterocycles. The van der Waals surface area contributed by atoms with Crippen LogP contribution in [0.2, 0.25) is 0 Å². The molecule has 2 heterocycles. The lowest BCUT2D eigenvalue weighted by Crippen LogP contribution is -2.35. The molecular formula is C22H29N5O3S. The van der Waals surface area contributed by atoms with Crippen LogP contribution in [0.5, 0.6) is 0 Å². The molecule has 0 aliphatic rings. The maximum absolute atomic E-state index is 12.3. The summed E-state index contributed by atoms with van der Waals surface area (Å²) in [6, 6.07) is 9.82. The Balaban J connectivity index is 1.47. The van der Waals surface area contributed by atoms with Crippen molar-refractivity contribution in [1.82, 2.24) is 24.9 Å². The second-order valence-corrected chi connectivity index (χ2v) is 8.19. The predicted molar refractivity (Wildman–Crippen MR) is 120 cm³/mol. The van der Waals surface area contributed by atoms with Crippen molar-refractivity contribution in [2.45, 2.75) is 51.0 Å². The number of aromatic nitrogens is 4. The molecule has 0 spiro atoms. The quantitative estimate of drug-likeness (QED) is 0.465. The van der Waals surface area contributed by atoms with E-state index in [1.807, 2.05) is 57.4 Å². The summed E-state index contributed by atoms with van der Waals surface area (Å²) >= 11 is 1.47. The molecule has 0 saturated heterocycles. The van der Waals surface area contributed by atoms with Gasteiger partial charge in [0.1, 0.15) is 0 Å². The van der Waals surface area contributed by atoms with Crippen molar-refractivity contribution in [3.05, 3.63) is 52.8 Å². The van der Waals surface area contributed by atoms with E-state index in [0.29, 0.717) is 23.8 Å². The second-order valence-electron chi connectivity index (χ2n) is 7.42. The Labute approximate surface area is 186 Å². The third-order valence-electron chi connectivity index (χ3n) is 5.16. The maximum Gasteiger partial charge on any atom is 0.253 e. The lowest BCUT2D eigenvalue weighted by Gasteiger charge is -2.17. The molecule has 0 fully saturated rings. The molecule has 2 N–H and O–H groups in total. The van der Waals surface area contributed by atoms with E-state index in [1.54, 1.807) is 4.52 Å². The highest BCUT2D eigenvalue weighted by Crippen LogP contribution is 2.18. The Morgan fingerprint density at radius 1 is 1.26 bits per heavy atom. The van der Waals surface area contributed by atoms with Crippen LogP contribution in [-0.2, 0) is 16.0 Å². The van der Waals surface area contributed by atoms with E-state index in [2.05, 4.69) is 20.4 Å². The van der Waals surface area contributed by atoms with Gasteiger partial charge in [0.25, 0.3) is 5.78 Å². The van der Waals surface area contributed by atoms with Crippen LogP contribution in [0.15, 0.2) is 35.5 Å². The van der Waals surface area contributed by atoms with Gasteiger partial charge in [-0.05, 0) is 44.6 Å². The molecule has 3 aromatic rings. The summed E-state index contributed by atoms with van der Waals surface area (Å²) in [5.74, 6) is 0.442. The number of carbonyl (C=O) groups excluding carboxylic acids is 1. The van der Waals surface area contributed by atoms with Crippen LogP contribution >= 0.6 is 11.8 Å². The summed E-state index contributed by atoms with van der Waals surface area (Å²) in [5.41, 5.74) is 3.82. The van der Waals surface area contributed by atoms with Crippen molar-refractivity contribution in [2.24, 2.45) is 0 Å². The maximum atomic E-state index is 12.3. The van der Waals surface area contributed by atoms with Gasteiger partial charge in [0, 0.05) is 24.4 Å². The van der Waals surface area contributed by atoms with Crippen LogP contribution < -0.4 is 5.32 Å². The predicted octanol–water partition coefficient (Wildman–Crippen LogP) is 2.65. The minimum atomic E-state index is -0.767. The number of nitrogens with zero attached hydrogens (tertiary/aromatic N) is 4. The molecule has 31 heavy (non-hydrogen) atoms. The number of thioether (sulfide) groups is 1. The molecule has 0 radical (unpaired) electrons. The number of aliphatic hydroxyl groups is 1. The molecule has 1 amide bonds. The molecule has 2 aromatic heterocycles. The standard InChI is InChI=1S/C22H29N5O3S/c1-14-19(15(2)27-21(24-14)25-22(26-27)31-4)10-11-20(29)23-12-18(28)13-30-16(3)17-8-6-5-7-9-17/h5-9,16,18,28H,10-13H2,1-4H3,(H,23,29). The fraction of sp³-hybridized carbons (Fsp3) is 0.455. The van der Waals surface area contributed by atoms with E-state index in [9.17, 15) is 9.90 Å². The number of rotatable bonds is 10. The molecule has 8 nitrogen and oxygen atoms in total. The smallest absolute Gasteiger partial charge is 0.253 e. The van der Waals surface area contributed by atoms with Crippen molar-refractivity contribution < 1.29 is 14.6 Å². The van der Waals surface area contributed by atoms with Gasteiger partial charge in [0.05, 0.1) is 18.8 Å². The minimum Gasteiger partial charge on any atom is -0.389 e. The van der Waals surface area contributed by atoms with Gasteiger partial charge >= 0.3 is 0 Å². The summed E-state index contributed by atoms with van der Waals surface area (Å²) in [6.07, 6.45) is 1.87. The number of aliphatic hydroxyl groups excluding tert-OH is 1. The zero-order chi connectivity index (χ0) is 22.4. The molecule has 1 aromatic carbocycles. The Morgan fingerprint density at radius 2 is 2.00 bits per heavy atom. The molecule has 9 heteroatoms. The first-order valence-corrected chi connectivity index (χ1v) is 11.5. The summed E-state index contributed by atoms with van der Waals surface area (Å²) < 4.78 is 7.43. The van der Waals surface area contributed by atoms with Gasteiger partial charge in [-0.2, -0.15) is 4.98 Å². The highest BCUT2D eigenvalue weighted by molar-refractivity contribution is 7.98. The average Bonchev–Trinajstić information content (AvgIpc) is 3.19. The van der Waals surface area contributed by atoms with Crippen LogP contribution in [-0.4, -0.2) is 56.1 Å². The molecule has 0 bridgehead atoms. The number of hydrogen-bond donors (Lipinski definition) is 2. The Bertz CT molecular complexity index is 1020. The number of aryl methyl sites for hydroxylation is 2. The number of carbonyl (C=O) groups is 1. The number of nitrogens with one attached hydrogen (secondary N) is 1. The number of amides is 1. The largest absolute Gasteiger partial charge is 0.389 e. The molecule has 3 rings (SSSR count). The van der Waals surface area contributed by atoms with E-state index < -0.39 is 6.10 Å². The summed E-state index contributed by atoms with van der Waals surface area (Å²) in [7, 11) is 0. The average molecular weight is 444 g/mol. The number of hydrogen-bond acceptors (Lipinski definition) is 7. The lowest BCUT2D eigenvalue weighted by atomic mass is 10.1. The van der Waals surface area contributed by atoms with Gasteiger partial charge in [-0.1, -0.05) is 42.1 Å². The summed E-state index contributed by atoms with van der Waals surface area (Å²) in [4.78, 5) is 21.2. The van der Waals surface area contributed by atoms with Crippen molar-refractivity contribution in [3.8, 4) is 0 Å². The highest BCUT2D eigenvalue weighted by Gasteiger charge is 2.15. The number of fused-ring (bicyclic) bond motifs is 1. The minimum absolute atomic E-state index is 0.122. The van der Waals surface area contributed by atoms with Gasteiger partial charge < -0.3 is 15.2 Å². The van der Waals surface area contributed by atoms with Gasteiger partial charge in [0.2, 0.25) is 11.1 Å². The van der Waals surface area contributed by atoms with Gasteiger partial charge in [-0.15, -0.1) is 5.10 Å². The van der Waals surface area contributed by atoms with Crippen LogP contribution in [0, 0.1) is 13.8 Å². The highest BCUT2D eigenvalue weighted by atomic mass is 32.2. The molecule has 166 valence electrons. The zero-order valence-electron chi connectivity index (χ0n) is 18.3. The van der Waals surface area contributed by atoms with Crippen LogP contribution in [0.25, 0.3) is 5.78 Å². The van der Waals surface area contributed by atoms with E-state index >= 15 is 0 Å². The first-order chi connectivity index (χ1) is 14.9. The normalized spacial score (nSPS) is 13.3. The molecule has 0 aliphatic carbocycles. The molecular weight excluding hydrogens is 414 g/mol. The van der Waals surface area contributed by atoms with Crippen molar-refractivity contribution in [1.29, 1.82) is 0 Å². The molecule has 2 atom stereocenters. The third kappa shape index (κ3) is 6.03. The van der Waals surface area contributed by atoms with Gasteiger partial charge in [-0.25, -0.2) is 9.50 Å². The Kier molecular flexibility index (Phi) is 8.00. The SMILES string of the molecule is CSc1nc2nc(C)c(CCC(=O)NCC(O)COC(C)c3ccccc3)c(C)n2n1. The monoisotopic (exact) mass is 443 g/mol. The van der Waals surface area contributed by atoms with Gasteiger partial charge in [0.15, 0.2) is 0 Å². The Hall–Kier alpha value is -2.49. The van der Waals surface area contributed by atoms with Crippen molar-refractivity contribution in [3.63, 3.8) is 0 Å². The van der Waals surface area contributed by atoms with E-state index in [1.165, 1.54) is 11.8 Å². The topological polar surface area (TPSA) is 102 Å². The van der Waals surface area contributed by atoms with E-state index in [4.69, 9.17) is 4.74 Å². The first kappa shape index (κ1) is 23.2. The first-order valence-electron chi connectivity index (χ1n) is 10.3. The number of benzene rings is 1. The van der Waals surface area contributed by atoms with Crippen LogP contribution in [0.3, 0.4) is 0 Å².